The van der Waals surface area contributed by atoms with E-state index in [-0.39, 0.29) is 0 Å². The topological polar surface area (TPSA) is 42.7 Å². The second-order valence-corrected chi connectivity index (χ2v) is 5.85. The lowest BCUT2D eigenvalue weighted by Gasteiger charge is -2.14. The van der Waals surface area contributed by atoms with Crippen LogP contribution in [0.1, 0.15) is 35.1 Å². The second-order valence-electron chi connectivity index (χ2n) is 5.06. The molecule has 20 heavy (non-hydrogen) atoms. The summed E-state index contributed by atoms with van der Waals surface area (Å²) in [5.74, 6) is 0.926. The monoisotopic (exact) mass is 336 g/mol. The van der Waals surface area contributed by atoms with Gasteiger partial charge >= 0.3 is 0 Å². The van der Waals surface area contributed by atoms with Crippen molar-refractivity contribution in [2.45, 2.75) is 41.2 Å². The highest BCUT2D eigenvalue weighted by atomic mass is 79.9. The van der Waals surface area contributed by atoms with Crippen molar-refractivity contribution in [2.24, 2.45) is 0 Å². The third kappa shape index (κ3) is 2.79. The van der Waals surface area contributed by atoms with E-state index in [4.69, 9.17) is 4.98 Å². The molecule has 0 aromatic carbocycles. The summed E-state index contributed by atoms with van der Waals surface area (Å²) in [4.78, 5) is 4.71. The lowest BCUT2D eigenvalue weighted by atomic mass is 10.1. The summed E-state index contributed by atoms with van der Waals surface area (Å²) in [5.41, 5.74) is 5.53. The molecule has 0 spiro atoms. The van der Waals surface area contributed by atoms with Gasteiger partial charge in [-0.15, -0.1) is 0 Å². The number of pyridine rings is 1. The average molecular weight is 337 g/mol. The van der Waals surface area contributed by atoms with Crippen molar-refractivity contribution >= 4 is 15.9 Å². The molecular weight excluding hydrogens is 316 g/mol. The van der Waals surface area contributed by atoms with Crippen molar-refractivity contribution in [1.29, 1.82) is 0 Å². The summed E-state index contributed by atoms with van der Waals surface area (Å²) in [6.07, 6.45) is 0. The number of aromatic nitrogens is 3. The molecule has 0 saturated carbocycles. The summed E-state index contributed by atoms with van der Waals surface area (Å²) in [6.45, 7) is 12.1. The first-order valence-corrected chi connectivity index (χ1v) is 7.65. The van der Waals surface area contributed by atoms with Gasteiger partial charge in [-0.05, 0) is 61.8 Å². The van der Waals surface area contributed by atoms with E-state index in [1.807, 2.05) is 18.5 Å². The maximum atomic E-state index is 4.71. The molecule has 1 N–H and O–H groups in total. The van der Waals surface area contributed by atoms with E-state index in [1.165, 1.54) is 11.1 Å². The van der Waals surface area contributed by atoms with Gasteiger partial charge in [0, 0.05) is 17.8 Å². The number of hydrogen-bond acceptors (Lipinski definition) is 3. The standard InChI is InChI=1S/C15H21BrN4/c1-6-17-8-13-9(2)7-10(3)18-15(13)20-12(5)14(16)11(4)19-20/h7,17H,6,8H2,1-5H3. The Morgan fingerprint density at radius 3 is 2.50 bits per heavy atom. The molecule has 0 atom stereocenters. The fourth-order valence-electron chi connectivity index (χ4n) is 2.32. The van der Waals surface area contributed by atoms with E-state index < -0.39 is 0 Å². The Bertz CT molecular complexity index is 631. The number of rotatable bonds is 4. The van der Waals surface area contributed by atoms with Gasteiger partial charge in [0.1, 0.15) is 0 Å². The molecule has 0 bridgehead atoms. The van der Waals surface area contributed by atoms with Crippen molar-refractivity contribution in [3.05, 3.63) is 38.7 Å². The SMILES string of the molecule is CCNCc1c(C)cc(C)nc1-n1nc(C)c(Br)c1C. The summed E-state index contributed by atoms with van der Waals surface area (Å²) >= 11 is 3.58. The Morgan fingerprint density at radius 1 is 1.25 bits per heavy atom. The maximum absolute atomic E-state index is 4.71. The molecule has 0 radical (unpaired) electrons. The van der Waals surface area contributed by atoms with Crippen LogP contribution in [0.3, 0.4) is 0 Å². The minimum atomic E-state index is 0.806. The summed E-state index contributed by atoms with van der Waals surface area (Å²) in [6, 6.07) is 2.12. The predicted octanol–water partition coefficient (Wildman–Crippen LogP) is 3.37. The molecule has 2 aromatic rings. The third-order valence-electron chi connectivity index (χ3n) is 3.41. The average Bonchev–Trinajstić information content (AvgIpc) is 2.65. The zero-order valence-corrected chi connectivity index (χ0v) is 14.3. The van der Waals surface area contributed by atoms with Gasteiger partial charge in [0.15, 0.2) is 5.82 Å². The number of aryl methyl sites for hydroxylation is 3. The van der Waals surface area contributed by atoms with Crippen LogP contribution in [-0.4, -0.2) is 21.3 Å². The Balaban J connectivity index is 2.62. The number of nitrogens with one attached hydrogen (secondary N) is 1. The zero-order chi connectivity index (χ0) is 14.9. The van der Waals surface area contributed by atoms with Crippen LogP contribution in [0, 0.1) is 27.7 Å². The third-order valence-corrected chi connectivity index (χ3v) is 4.56. The van der Waals surface area contributed by atoms with E-state index in [1.54, 1.807) is 0 Å². The molecule has 2 aromatic heterocycles. The normalized spacial score (nSPS) is 11.1. The molecule has 0 unspecified atom stereocenters. The minimum absolute atomic E-state index is 0.806. The predicted molar refractivity (Wildman–Crippen MR) is 85.4 cm³/mol. The summed E-state index contributed by atoms with van der Waals surface area (Å²) < 4.78 is 2.99. The largest absolute Gasteiger partial charge is 0.313 e. The summed E-state index contributed by atoms with van der Waals surface area (Å²) in [7, 11) is 0. The highest BCUT2D eigenvalue weighted by molar-refractivity contribution is 9.10. The molecular formula is C15H21BrN4. The first-order valence-electron chi connectivity index (χ1n) is 6.85. The van der Waals surface area contributed by atoms with Crippen molar-refractivity contribution in [3.8, 4) is 5.82 Å². The molecule has 2 rings (SSSR count). The van der Waals surface area contributed by atoms with Crippen LogP contribution in [0.2, 0.25) is 0 Å². The molecule has 2 heterocycles. The van der Waals surface area contributed by atoms with Gasteiger partial charge in [-0.2, -0.15) is 5.10 Å². The van der Waals surface area contributed by atoms with Gasteiger partial charge in [0.2, 0.25) is 0 Å². The van der Waals surface area contributed by atoms with E-state index in [2.05, 4.69) is 53.2 Å². The van der Waals surface area contributed by atoms with Crippen LogP contribution >= 0.6 is 15.9 Å². The molecule has 108 valence electrons. The highest BCUT2D eigenvalue weighted by Crippen LogP contribution is 2.25. The van der Waals surface area contributed by atoms with Gasteiger partial charge in [-0.1, -0.05) is 6.92 Å². The highest BCUT2D eigenvalue weighted by Gasteiger charge is 2.16. The molecule has 0 aliphatic rings. The van der Waals surface area contributed by atoms with Crippen molar-refractivity contribution in [2.75, 3.05) is 6.54 Å². The van der Waals surface area contributed by atoms with E-state index in [9.17, 15) is 0 Å². The summed E-state index contributed by atoms with van der Waals surface area (Å²) in [5, 5.41) is 7.99. The molecule has 4 nitrogen and oxygen atoms in total. The van der Waals surface area contributed by atoms with Crippen LogP contribution in [0.5, 0.6) is 0 Å². The Kier molecular flexibility index (Phi) is 4.60. The van der Waals surface area contributed by atoms with Gasteiger partial charge in [0.25, 0.3) is 0 Å². The molecule has 0 amide bonds. The Labute approximate surface area is 128 Å². The maximum Gasteiger partial charge on any atom is 0.158 e. The fourth-order valence-corrected chi connectivity index (χ4v) is 2.56. The number of nitrogens with zero attached hydrogens (tertiary/aromatic N) is 3. The first kappa shape index (κ1) is 15.2. The van der Waals surface area contributed by atoms with Crippen LogP contribution in [0.15, 0.2) is 10.5 Å². The fraction of sp³-hybridized carbons (Fsp3) is 0.467. The van der Waals surface area contributed by atoms with Crippen LogP contribution in [-0.2, 0) is 6.54 Å². The van der Waals surface area contributed by atoms with Gasteiger partial charge in [-0.25, -0.2) is 9.67 Å². The molecule has 0 fully saturated rings. The lowest BCUT2D eigenvalue weighted by molar-refractivity contribution is 0.699. The van der Waals surface area contributed by atoms with Crippen molar-refractivity contribution < 1.29 is 0 Å². The molecule has 0 aliphatic carbocycles. The van der Waals surface area contributed by atoms with Crippen molar-refractivity contribution in [3.63, 3.8) is 0 Å². The Morgan fingerprint density at radius 2 is 1.95 bits per heavy atom. The lowest BCUT2D eigenvalue weighted by Crippen LogP contribution is -2.17. The van der Waals surface area contributed by atoms with Gasteiger partial charge in [-0.3, -0.25) is 0 Å². The van der Waals surface area contributed by atoms with Crippen LogP contribution in [0.4, 0.5) is 0 Å². The molecule has 0 saturated heterocycles. The quantitative estimate of drug-likeness (QED) is 0.930. The van der Waals surface area contributed by atoms with Crippen LogP contribution in [0.25, 0.3) is 5.82 Å². The zero-order valence-electron chi connectivity index (χ0n) is 12.7. The van der Waals surface area contributed by atoms with Crippen LogP contribution < -0.4 is 5.32 Å². The van der Waals surface area contributed by atoms with Crippen molar-refractivity contribution in [1.82, 2.24) is 20.1 Å². The van der Waals surface area contributed by atoms with E-state index in [0.29, 0.717) is 0 Å². The Hall–Kier alpha value is -1.20. The minimum Gasteiger partial charge on any atom is -0.313 e. The van der Waals surface area contributed by atoms with Gasteiger partial charge in [0.05, 0.1) is 15.9 Å². The second kappa shape index (κ2) is 6.06. The smallest absolute Gasteiger partial charge is 0.158 e. The van der Waals surface area contributed by atoms with E-state index >= 15 is 0 Å². The van der Waals surface area contributed by atoms with E-state index in [0.717, 1.165) is 40.5 Å². The molecule has 0 aliphatic heterocycles. The number of hydrogen-bond donors (Lipinski definition) is 1. The number of halogens is 1. The molecule has 5 heteroatoms. The van der Waals surface area contributed by atoms with Gasteiger partial charge < -0.3 is 5.32 Å². The first-order chi connectivity index (χ1) is 9.45.